The third-order valence-electron chi connectivity index (χ3n) is 2.79. The summed E-state index contributed by atoms with van der Waals surface area (Å²) in [6, 6.07) is 3.41. The molecule has 0 fully saturated rings. The molecule has 2 rings (SSSR count). The highest BCUT2D eigenvalue weighted by molar-refractivity contribution is 9.10. The van der Waals surface area contributed by atoms with Crippen LogP contribution in [0.5, 0.6) is 5.75 Å². The summed E-state index contributed by atoms with van der Waals surface area (Å²) in [6.45, 7) is 5.13. The van der Waals surface area contributed by atoms with Crippen LogP contribution in [-0.4, -0.2) is 9.78 Å². The van der Waals surface area contributed by atoms with Crippen molar-refractivity contribution >= 4 is 55.1 Å². The Balaban J connectivity index is 2.23. The van der Waals surface area contributed by atoms with Crippen LogP contribution in [0.3, 0.4) is 0 Å². The highest BCUT2D eigenvalue weighted by Crippen LogP contribution is 2.35. The third kappa shape index (κ3) is 3.32. The van der Waals surface area contributed by atoms with E-state index in [1.54, 1.807) is 12.1 Å². The molecule has 0 amide bonds. The Labute approximate surface area is 144 Å². The number of benzene rings is 1. The fraction of sp³-hybridized carbons (Fsp3) is 0.308. The lowest BCUT2D eigenvalue weighted by atomic mass is 10.3. The average Bonchev–Trinajstić information content (AvgIpc) is 2.68. The van der Waals surface area contributed by atoms with Crippen molar-refractivity contribution in [2.45, 2.75) is 27.0 Å². The van der Waals surface area contributed by atoms with Gasteiger partial charge in [0.1, 0.15) is 12.4 Å². The average molecular weight is 443 g/mol. The van der Waals surface area contributed by atoms with Gasteiger partial charge in [0.15, 0.2) is 0 Å². The van der Waals surface area contributed by atoms with Gasteiger partial charge in [0.05, 0.1) is 25.9 Å². The quantitative estimate of drug-likeness (QED) is 0.574. The maximum absolute atomic E-state index is 6.14. The molecule has 0 aliphatic rings. The highest BCUT2D eigenvalue weighted by atomic mass is 79.9. The van der Waals surface area contributed by atoms with E-state index in [4.69, 9.17) is 27.9 Å². The molecule has 0 atom stereocenters. The zero-order valence-electron chi connectivity index (χ0n) is 10.9. The number of aryl methyl sites for hydroxylation is 2. The lowest BCUT2D eigenvalue weighted by Gasteiger charge is -2.11. The zero-order chi connectivity index (χ0) is 14.9. The minimum absolute atomic E-state index is 0.368. The summed E-state index contributed by atoms with van der Waals surface area (Å²) in [5, 5.41) is 5.49. The predicted octanol–water partition coefficient (Wildman–Crippen LogP) is 5.62. The van der Waals surface area contributed by atoms with Gasteiger partial charge in [-0.2, -0.15) is 5.10 Å². The molecule has 1 heterocycles. The van der Waals surface area contributed by atoms with E-state index in [1.807, 2.05) is 18.5 Å². The van der Waals surface area contributed by atoms with Crippen molar-refractivity contribution in [3.63, 3.8) is 0 Å². The molecule has 20 heavy (non-hydrogen) atoms. The number of ether oxygens (including phenoxy) is 1. The summed E-state index contributed by atoms with van der Waals surface area (Å²) in [4.78, 5) is 0. The predicted molar refractivity (Wildman–Crippen MR) is 88.8 cm³/mol. The first kappa shape index (κ1) is 16.1. The first-order valence-corrected chi connectivity index (χ1v) is 8.27. The molecule has 1 aromatic heterocycles. The van der Waals surface area contributed by atoms with E-state index in [9.17, 15) is 0 Å². The normalized spacial score (nSPS) is 10.9. The Morgan fingerprint density at radius 1 is 1.25 bits per heavy atom. The van der Waals surface area contributed by atoms with Gasteiger partial charge in [0, 0.05) is 17.1 Å². The molecule has 2 aromatic rings. The maximum atomic E-state index is 6.14. The molecule has 108 valence electrons. The number of hydrogen-bond acceptors (Lipinski definition) is 2. The van der Waals surface area contributed by atoms with Crippen molar-refractivity contribution in [2.75, 3.05) is 0 Å². The van der Waals surface area contributed by atoms with Gasteiger partial charge in [-0.3, -0.25) is 4.68 Å². The summed E-state index contributed by atoms with van der Waals surface area (Å²) in [5.74, 6) is 0.549. The summed E-state index contributed by atoms with van der Waals surface area (Å²) < 4.78 is 9.36. The fourth-order valence-corrected chi connectivity index (χ4v) is 3.01. The summed E-state index contributed by atoms with van der Waals surface area (Å²) in [6.07, 6.45) is 0. The standard InChI is InChI=1S/C13H12Br2Cl2N2O/c1-3-19-11(13(15)7(2)18-19)6-20-12-5-9(16)8(14)4-10(12)17/h4-5H,3,6H2,1-2H3. The zero-order valence-corrected chi connectivity index (χ0v) is 15.6. The number of halogens is 4. The van der Waals surface area contributed by atoms with Crippen molar-refractivity contribution in [2.24, 2.45) is 0 Å². The van der Waals surface area contributed by atoms with Crippen LogP contribution in [0.2, 0.25) is 10.0 Å². The van der Waals surface area contributed by atoms with Crippen LogP contribution in [0.4, 0.5) is 0 Å². The van der Waals surface area contributed by atoms with Crippen LogP contribution in [0.25, 0.3) is 0 Å². The first-order valence-electron chi connectivity index (χ1n) is 5.93. The molecule has 0 aliphatic heterocycles. The van der Waals surface area contributed by atoms with Crippen molar-refractivity contribution < 1.29 is 4.74 Å². The molecular weight excluding hydrogens is 431 g/mol. The summed E-state index contributed by atoms with van der Waals surface area (Å²) >= 11 is 19.0. The van der Waals surface area contributed by atoms with Gasteiger partial charge in [-0.25, -0.2) is 0 Å². The van der Waals surface area contributed by atoms with Crippen molar-refractivity contribution in [3.8, 4) is 5.75 Å². The maximum Gasteiger partial charge on any atom is 0.140 e. The second-order valence-electron chi connectivity index (χ2n) is 4.15. The second kappa shape index (κ2) is 6.69. The molecule has 0 saturated carbocycles. The van der Waals surface area contributed by atoms with Crippen LogP contribution >= 0.6 is 55.1 Å². The van der Waals surface area contributed by atoms with Crippen LogP contribution in [-0.2, 0) is 13.2 Å². The van der Waals surface area contributed by atoms with Gasteiger partial charge in [-0.15, -0.1) is 0 Å². The molecule has 0 radical (unpaired) electrons. The van der Waals surface area contributed by atoms with Crippen LogP contribution < -0.4 is 4.74 Å². The van der Waals surface area contributed by atoms with Crippen molar-refractivity contribution in [3.05, 3.63) is 42.5 Å². The van der Waals surface area contributed by atoms with Gasteiger partial charge in [0.25, 0.3) is 0 Å². The fourth-order valence-electron chi connectivity index (χ4n) is 1.77. The molecule has 0 N–H and O–H groups in total. The van der Waals surface area contributed by atoms with Crippen LogP contribution in [0.15, 0.2) is 21.1 Å². The molecule has 0 aliphatic carbocycles. The molecule has 0 bridgehead atoms. The van der Waals surface area contributed by atoms with Gasteiger partial charge >= 0.3 is 0 Å². The Bertz CT molecular complexity index is 644. The van der Waals surface area contributed by atoms with Crippen LogP contribution in [0.1, 0.15) is 18.3 Å². The summed E-state index contributed by atoms with van der Waals surface area (Å²) in [7, 11) is 0. The number of aromatic nitrogens is 2. The molecule has 1 aromatic carbocycles. The number of hydrogen-bond donors (Lipinski definition) is 0. The topological polar surface area (TPSA) is 27.1 Å². The summed E-state index contributed by atoms with van der Waals surface area (Å²) in [5.41, 5.74) is 1.91. The highest BCUT2D eigenvalue weighted by Gasteiger charge is 2.14. The molecule has 0 unspecified atom stereocenters. The lowest BCUT2D eigenvalue weighted by Crippen LogP contribution is -2.06. The second-order valence-corrected chi connectivity index (χ2v) is 6.61. The molecular formula is C13H12Br2Cl2N2O. The van der Waals surface area contributed by atoms with E-state index in [1.165, 1.54) is 0 Å². The largest absolute Gasteiger partial charge is 0.486 e. The minimum atomic E-state index is 0.368. The molecule has 0 spiro atoms. The van der Waals surface area contributed by atoms with Crippen molar-refractivity contribution in [1.82, 2.24) is 9.78 Å². The first-order chi connectivity index (χ1) is 9.43. The Hall–Kier alpha value is -0.230. The van der Waals surface area contributed by atoms with E-state index in [2.05, 4.69) is 37.0 Å². The Morgan fingerprint density at radius 2 is 1.95 bits per heavy atom. The van der Waals surface area contributed by atoms with Gasteiger partial charge in [-0.1, -0.05) is 23.2 Å². The van der Waals surface area contributed by atoms with Gasteiger partial charge in [-0.05, 0) is 51.8 Å². The smallest absolute Gasteiger partial charge is 0.140 e. The Kier molecular flexibility index (Phi) is 5.40. The van der Waals surface area contributed by atoms with Gasteiger partial charge < -0.3 is 4.74 Å². The van der Waals surface area contributed by atoms with Gasteiger partial charge in [0.2, 0.25) is 0 Å². The third-order valence-corrected chi connectivity index (χ3v) is 5.32. The van der Waals surface area contributed by atoms with Crippen molar-refractivity contribution in [1.29, 1.82) is 0 Å². The van der Waals surface area contributed by atoms with Crippen LogP contribution in [0, 0.1) is 6.92 Å². The Morgan fingerprint density at radius 3 is 2.60 bits per heavy atom. The van der Waals surface area contributed by atoms with E-state index in [0.29, 0.717) is 22.4 Å². The van der Waals surface area contributed by atoms with E-state index < -0.39 is 0 Å². The molecule has 3 nitrogen and oxygen atoms in total. The monoisotopic (exact) mass is 440 g/mol. The van der Waals surface area contributed by atoms with E-state index >= 15 is 0 Å². The SMILES string of the molecule is CCn1nc(C)c(Br)c1COc1cc(Cl)c(Br)cc1Cl. The number of rotatable bonds is 4. The molecule has 0 saturated heterocycles. The van der Waals surface area contributed by atoms with E-state index in [0.717, 1.165) is 26.9 Å². The minimum Gasteiger partial charge on any atom is -0.486 e. The van der Waals surface area contributed by atoms with E-state index in [-0.39, 0.29) is 0 Å². The molecule has 7 heteroatoms. The number of nitrogens with zero attached hydrogens (tertiary/aromatic N) is 2. The lowest BCUT2D eigenvalue weighted by molar-refractivity contribution is 0.292.